The third-order valence-electron chi connectivity index (χ3n) is 3.75. The Hall–Kier alpha value is -3.22. The van der Waals surface area contributed by atoms with E-state index in [0.29, 0.717) is 15.9 Å². The van der Waals surface area contributed by atoms with E-state index >= 15 is 0 Å². The van der Waals surface area contributed by atoms with Gasteiger partial charge < -0.3 is 0 Å². The zero-order valence-corrected chi connectivity index (χ0v) is 15.0. The number of aromatic amines is 1. The molecule has 0 aliphatic carbocycles. The van der Waals surface area contributed by atoms with Gasteiger partial charge >= 0.3 is 148 Å². The second kappa shape index (κ2) is 6.59. The van der Waals surface area contributed by atoms with Crippen LogP contribution in [-0.2, 0) is 0 Å². The van der Waals surface area contributed by atoms with Crippen LogP contribution in [0.5, 0.6) is 0 Å². The summed E-state index contributed by atoms with van der Waals surface area (Å²) in [6.07, 6.45) is 3.05. The van der Waals surface area contributed by atoms with Gasteiger partial charge in [0.1, 0.15) is 0 Å². The minimum atomic E-state index is -0.864. The number of benzene rings is 1. The number of rotatable bonds is 4. The van der Waals surface area contributed by atoms with E-state index in [-0.39, 0.29) is 20.1 Å². The number of aromatic carboxylic acids is 1. The van der Waals surface area contributed by atoms with Crippen LogP contribution < -0.4 is 10.9 Å². The molecule has 0 amide bonds. The van der Waals surface area contributed by atoms with Gasteiger partial charge in [0.25, 0.3) is 0 Å². The molecule has 3 heterocycles. The number of nitrogens with one attached hydrogen (secondary N) is 2. The molecule has 0 fully saturated rings. The molecule has 0 unspecified atom stereocenters. The minimum absolute atomic E-state index is 0.161. The van der Waals surface area contributed by atoms with Gasteiger partial charge in [0, 0.05) is 0 Å². The van der Waals surface area contributed by atoms with Crippen LogP contribution in [-0.4, -0.2) is 40.5 Å². The van der Waals surface area contributed by atoms with Crippen molar-refractivity contribution < 1.29 is 9.90 Å². The molecule has 0 spiro atoms. The summed E-state index contributed by atoms with van der Waals surface area (Å²) in [4.78, 5) is 33.4. The molecule has 0 bridgehead atoms. The topological polar surface area (TPSA) is 108 Å². The van der Waals surface area contributed by atoms with E-state index in [4.69, 9.17) is 5.11 Å². The number of hydrogen-bond donors (Lipinski definition) is 3. The Kier molecular flexibility index (Phi) is 4.12. The molecule has 1 aromatic carbocycles. The number of H-pyrrole nitrogens is 1. The number of pyridine rings is 1. The number of nitrogens with zero attached hydrogens (tertiary/aromatic N) is 2. The molecule has 0 saturated heterocycles. The van der Waals surface area contributed by atoms with Gasteiger partial charge in [-0.2, -0.15) is 0 Å². The Balaban J connectivity index is 1.63. The molecule has 0 atom stereocenters. The molecule has 7 nitrogen and oxygen atoms in total. The number of hydrogen-bond acceptors (Lipinski definition) is 5. The van der Waals surface area contributed by atoms with E-state index in [2.05, 4.69) is 20.3 Å². The summed E-state index contributed by atoms with van der Waals surface area (Å²) in [5, 5.41) is 13.3. The number of fused-ring (bicyclic) bond motifs is 1. The summed E-state index contributed by atoms with van der Waals surface area (Å²) in [6.45, 7) is 0. The van der Waals surface area contributed by atoms with Crippen LogP contribution >= 0.6 is 0 Å². The van der Waals surface area contributed by atoms with Gasteiger partial charge in [-0.3, -0.25) is 4.79 Å². The maximum atomic E-state index is 11.2. The van der Waals surface area contributed by atoms with Crippen molar-refractivity contribution in [3.05, 3.63) is 69.8 Å². The Morgan fingerprint density at radius 3 is 2.77 bits per heavy atom. The molecular formula is C18H12N4O3Se. The summed E-state index contributed by atoms with van der Waals surface area (Å²) in [7, 11) is 0. The van der Waals surface area contributed by atoms with E-state index in [9.17, 15) is 9.59 Å². The van der Waals surface area contributed by atoms with E-state index in [1.165, 1.54) is 12.4 Å². The standard InChI is InChI=1S/C18H12N4O3Se/c23-17-4-1-10(8-19-17)13-7-16(21-9-20-13)22-12-2-3-14-11(5-12)6-15(26-14)18(24)25/h1-9H,(H,19,23)(H,24,25)(H,20,21,22). The molecule has 8 heteroatoms. The Labute approximate surface area is 153 Å². The average molecular weight is 411 g/mol. The molecule has 128 valence electrons. The molecule has 0 aliphatic heterocycles. The SMILES string of the molecule is O=C(O)c1cc2cc(Nc3cc(-c4ccc(=O)[nH]c4)ncn3)ccc2[se]1. The summed E-state index contributed by atoms with van der Waals surface area (Å²) >= 11 is -0.161. The Morgan fingerprint density at radius 1 is 1.12 bits per heavy atom. The summed E-state index contributed by atoms with van der Waals surface area (Å²) in [5.74, 6) is -0.260. The van der Waals surface area contributed by atoms with Crippen molar-refractivity contribution in [1.29, 1.82) is 0 Å². The van der Waals surface area contributed by atoms with Crippen LogP contribution in [0, 0.1) is 0 Å². The van der Waals surface area contributed by atoms with Gasteiger partial charge in [-0.1, -0.05) is 0 Å². The predicted octanol–water partition coefficient (Wildman–Crippen LogP) is 2.48. The molecule has 26 heavy (non-hydrogen) atoms. The first-order valence-electron chi connectivity index (χ1n) is 7.63. The molecule has 4 aromatic rings. The van der Waals surface area contributed by atoms with E-state index in [0.717, 1.165) is 20.9 Å². The van der Waals surface area contributed by atoms with Crippen molar-refractivity contribution in [2.75, 3.05) is 5.32 Å². The molecule has 4 rings (SSSR count). The van der Waals surface area contributed by atoms with Crippen LogP contribution in [0.25, 0.3) is 20.9 Å². The monoisotopic (exact) mass is 412 g/mol. The van der Waals surface area contributed by atoms with Gasteiger partial charge in [-0.25, -0.2) is 0 Å². The van der Waals surface area contributed by atoms with Crippen LogP contribution in [0.1, 0.15) is 9.23 Å². The zero-order valence-electron chi connectivity index (χ0n) is 13.3. The second-order valence-corrected chi connectivity index (χ2v) is 7.80. The van der Waals surface area contributed by atoms with Crippen molar-refractivity contribution in [1.82, 2.24) is 15.0 Å². The fourth-order valence-electron chi connectivity index (χ4n) is 2.53. The van der Waals surface area contributed by atoms with Crippen molar-refractivity contribution in [2.24, 2.45) is 0 Å². The molecule has 0 radical (unpaired) electrons. The number of carbonyl (C=O) groups is 1. The molecule has 0 saturated carbocycles. The zero-order chi connectivity index (χ0) is 18.1. The predicted molar refractivity (Wildman–Crippen MR) is 99.2 cm³/mol. The van der Waals surface area contributed by atoms with Gasteiger partial charge in [0.2, 0.25) is 0 Å². The quantitative estimate of drug-likeness (QED) is 0.446. The van der Waals surface area contributed by atoms with Crippen molar-refractivity contribution in [3.8, 4) is 11.3 Å². The second-order valence-electron chi connectivity index (χ2n) is 5.52. The van der Waals surface area contributed by atoms with Gasteiger partial charge in [0.15, 0.2) is 0 Å². The normalized spacial score (nSPS) is 10.8. The first kappa shape index (κ1) is 16.3. The third kappa shape index (κ3) is 3.28. The number of anilines is 2. The molecule has 0 aliphatic rings. The van der Waals surface area contributed by atoms with E-state index in [1.807, 2.05) is 18.2 Å². The Morgan fingerprint density at radius 2 is 2.00 bits per heavy atom. The Bertz CT molecular complexity index is 1160. The van der Waals surface area contributed by atoms with Crippen LogP contribution in [0.15, 0.2) is 59.8 Å². The third-order valence-corrected chi connectivity index (χ3v) is 6.06. The van der Waals surface area contributed by atoms with E-state index in [1.54, 1.807) is 24.4 Å². The fraction of sp³-hybridized carbons (Fsp3) is 0. The fourth-order valence-corrected chi connectivity index (χ4v) is 4.38. The number of carboxylic acids is 1. The van der Waals surface area contributed by atoms with Crippen molar-refractivity contribution >= 4 is 41.6 Å². The van der Waals surface area contributed by atoms with Gasteiger partial charge in [-0.05, 0) is 0 Å². The summed E-state index contributed by atoms with van der Waals surface area (Å²) < 4.78 is 1.50. The van der Waals surface area contributed by atoms with E-state index < -0.39 is 5.97 Å². The molecule has 3 aromatic heterocycles. The molecular weight excluding hydrogens is 399 g/mol. The molecule has 3 N–H and O–H groups in total. The summed E-state index contributed by atoms with van der Waals surface area (Å²) in [6, 6.07) is 12.4. The van der Waals surface area contributed by atoms with Crippen molar-refractivity contribution in [3.63, 3.8) is 0 Å². The summed E-state index contributed by atoms with van der Waals surface area (Å²) in [5.41, 5.74) is 2.10. The van der Waals surface area contributed by atoms with Crippen LogP contribution in [0.2, 0.25) is 0 Å². The van der Waals surface area contributed by atoms with Gasteiger partial charge in [0.05, 0.1) is 0 Å². The first-order valence-corrected chi connectivity index (χ1v) is 9.35. The number of aromatic nitrogens is 3. The average Bonchev–Trinajstić information content (AvgIpc) is 3.06. The van der Waals surface area contributed by atoms with Crippen LogP contribution in [0.4, 0.5) is 11.5 Å². The first-order chi connectivity index (χ1) is 12.6. The number of carboxylic acid groups (broad SMARTS) is 1. The van der Waals surface area contributed by atoms with Gasteiger partial charge in [-0.15, -0.1) is 0 Å². The maximum absolute atomic E-state index is 11.2. The van der Waals surface area contributed by atoms with Crippen molar-refractivity contribution in [2.45, 2.75) is 0 Å². The van der Waals surface area contributed by atoms with Crippen LogP contribution in [0.3, 0.4) is 0 Å².